The number of fused-ring (bicyclic) bond motifs is 2. The van der Waals surface area contributed by atoms with Crippen LogP contribution in [-0.2, 0) is 6.42 Å². The highest BCUT2D eigenvalue weighted by Gasteiger charge is 2.37. The highest BCUT2D eigenvalue weighted by atomic mass is 16.7. The smallest absolute Gasteiger partial charge is 0.231 e. The zero-order valence-electron chi connectivity index (χ0n) is 13.1. The molecular weight excluding hydrogens is 284 g/mol. The SMILES string of the molecule is CCCCCCC(=O)c1c2c(c(O)c3c1OCO3)OC(C)C2. The summed E-state index contributed by atoms with van der Waals surface area (Å²) in [6, 6.07) is 0. The van der Waals surface area contributed by atoms with Gasteiger partial charge in [-0.3, -0.25) is 4.79 Å². The lowest BCUT2D eigenvalue weighted by atomic mass is 9.95. The van der Waals surface area contributed by atoms with E-state index < -0.39 is 0 Å². The van der Waals surface area contributed by atoms with Crippen LogP contribution in [0.15, 0.2) is 0 Å². The molecule has 0 radical (unpaired) electrons. The van der Waals surface area contributed by atoms with E-state index in [1.54, 1.807) is 0 Å². The number of phenols is 1. The topological polar surface area (TPSA) is 65.0 Å². The van der Waals surface area contributed by atoms with E-state index in [2.05, 4.69) is 6.92 Å². The van der Waals surface area contributed by atoms with Crippen molar-refractivity contribution in [2.45, 2.75) is 58.5 Å². The van der Waals surface area contributed by atoms with Crippen LogP contribution in [0.1, 0.15) is 61.9 Å². The Morgan fingerprint density at radius 3 is 2.73 bits per heavy atom. The maximum absolute atomic E-state index is 12.7. The normalized spacial score (nSPS) is 18.2. The number of ether oxygens (including phenoxy) is 3. The molecule has 1 unspecified atom stereocenters. The molecule has 0 spiro atoms. The largest absolute Gasteiger partial charge is 0.502 e. The molecule has 0 fully saturated rings. The third-order valence-corrected chi connectivity index (χ3v) is 4.19. The number of aromatic hydroxyl groups is 1. The fourth-order valence-electron chi connectivity index (χ4n) is 3.12. The summed E-state index contributed by atoms with van der Waals surface area (Å²) in [6.45, 7) is 4.09. The zero-order chi connectivity index (χ0) is 15.7. The molecular formula is C17H22O5. The lowest BCUT2D eigenvalue weighted by Crippen LogP contribution is -2.08. The van der Waals surface area contributed by atoms with Crippen molar-refractivity contribution >= 4 is 5.78 Å². The van der Waals surface area contributed by atoms with Crippen molar-refractivity contribution in [3.63, 3.8) is 0 Å². The van der Waals surface area contributed by atoms with Gasteiger partial charge < -0.3 is 19.3 Å². The lowest BCUT2D eigenvalue weighted by molar-refractivity contribution is 0.0973. The Labute approximate surface area is 130 Å². The average molecular weight is 306 g/mol. The van der Waals surface area contributed by atoms with Crippen molar-refractivity contribution in [1.29, 1.82) is 0 Å². The van der Waals surface area contributed by atoms with Crippen LogP contribution >= 0.6 is 0 Å². The van der Waals surface area contributed by atoms with Gasteiger partial charge in [0, 0.05) is 18.4 Å². The summed E-state index contributed by atoms with van der Waals surface area (Å²) in [7, 11) is 0. The first-order valence-corrected chi connectivity index (χ1v) is 8.00. The molecule has 5 heteroatoms. The van der Waals surface area contributed by atoms with Gasteiger partial charge in [0.25, 0.3) is 0 Å². The number of Topliss-reactive ketones (excluding diaryl/α,β-unsaturated/α-hetero) is 1. The van der Waals surface area contributed by atoms with E-state index in [0.29, 0.717) is 29.9 Å². The number of hydrogen-bond acceptors (Lipinski definition) is 5. The number of unbranched alkanes of at least 4 members (excludes halogenated alkanes) is 3. The van der Waals surface area contributed by atoms with Gasteiger partial charge in [-0.2, -0.15) is 0 Å². The third kappa shape index (κ3) is 2.49. The summed E-state index contributed by atoms with van der Waals surface area (Å²) < 4.78 is 16.4. The van der Waals surface area contributed by atoms with E-state index >= 15 is 0 Å². The molecule has 0 bridgehead atoms. The van der Waals surface area contributed by atoms with Crippen molar-refractivity contribution in [2.75, 3.05) is 6.79 Å². The second-order valence-electron chi connectivity index (χ2n) is 5.96. The van der Waals surface area contributed by atoms with Crippen molar-refractivity contribution in [2.24, 2.45) is 0 Å². The van der Waals surface area contributed by atoms with E-state index in [1.165, 1.54) is 0 Å². The van der Waals surface area contributed by atoms with E-state index in [-0.39, 0.29) is 30.2 Å². The number of hydrogen-bond donors (Lipinski definition) is 1. The molecule has 5 nitrogen and oxygen atoms in total. The van der Waals surface area contributed by atoms with Gasteiger partial charge in [-0.1, -0.05) is 26.2 Å². The second-order valence-corrected chi connectivity index (χ2v) is 5.96. The van der Waals surface area contributed by atoms with Crippen LogP contribution in [0.3, 0.4) is 0 Å². The highest BCUT2D eigenvalue weighted by molar-refractivity contribution is 6.02. The molecule has 0 aliphatic carbocycles. The molecule has 1 N–H and O–H groups in total. The first kappa shape index (κ1) is 15.0. The summed E-state index contributed by atoms with van der Waals surface area (Å²) in [5, 5.41) is 10.3. The number of carbonyl (C=O) groups excluding carboxylic acids is 1. The molecule has 22 heavy (non-hydrogen) atoms. The summed E-state index contributed by atoms with van der Waals surface area (Å²) in [6.07, 6.45) is 5.23. The van der Waals surface area contributed by atoms with Crippen LogP contribution in [0.5, 0.6) is 23.0 Å². The fourth-order valence-corrected chi connectivity index (χ4v) is 3.12. The number of phenolic OH excluding ortho intramolecular Hbond substituents is 1. The van der Waals surface area contributed by atoms with Gasteiger partial charge in [0.2, 0.25) is 18.3 Å². The molecule has 2 aliphatic heterocycles. The summed E-state index contributed by atoms with van der Waals surface area (Å²) >= 11 is 0. The van der Waals surface area contributed by atoms with Gasteiger partial charge in [0.1, 0.15) is 6.10 Å². The zero-order valence-corrected chi connectivity index (χ0v) is 13.1. The Morgan fingerprint density at radius 2 is 1.95 bits per heavy atom. The number of benzene rings is 1. The standard InChI is InChI=1S/C17H22O5/c1-3-4-5-6-7-12(18)13-11-8-10(2)22-15(11)14(19)17-16(13)20-9-21-17/h10,19H,3-9H2,1-2H3. The van der Waals surface area contributed by atoms with Gasteiger partial charge >= 0.3 is 0 Å². The first-order valence-electron chi connectivity index (χ1n) is 8.00. The van der Waals surface area contributed by atoms with Crippen LogP contribution in [0.2, 0.25) is 0 Å². The van der Waals surface area contributed by atoms with Crippen LogP contribution in [0, 0.1) is 0 Å². The van der Waals surface area contributed by atoms with Crippen molar-refractivity contribution in [3.05, 3.63) is 11.1 Å². The minimum atomic E-state index is -0.0601. The quantitative estimate of drug-likeness (QED) is 0.642. The Morgan fingerprint density at radius 1 is 1.18 bits per heavy atom. The van der Waals surface area contributed by atoms with Gasteiger partial charge in [0.05, 0.1) is 5.56 Å². The van der Waals surface area contributed by atoms with Crippen LogP contribution < -0.4 is 14.2 Å². The Balaban J connectivity index is 1.92. The van der Waals surface area contributed by atoms with Gasteiger partial charge in [-0.25, -0.2) is 0 Å². The Hall–Kier alpha value is -1.91. The van der Waals surface area contributed by atoms with E-state index in [9.17, 15) is 9.90 Å². The maximum Gasteiger partial charge on any atom is 0.231 e. The first-order chi connectivity index (χ1) is 10.6. The Kier molecular flexibility index (Phi) is 4.14. The minimum Gasteiger partial charge on any atom is -0.502 e. The number of carbonyl (C=O) groups is 1. The molecule has 1 aromatic rings. The summed E-state index contributed by atoms with van der Waals surface area (Å²) in [5.41, 5.74) is 1.30. The monoisotopic (exact) mass is 306 g/mol. The van der Waals surface area contributed by atoms with Crippen molar-refractivity contribution in [3.8, 4) is 23.0 Å². The highest BCUT2D eigenvalue weighted by Crippen LogP contribution is 2.54. The predicted octanol–water partition coefficient (Wildman–Crippen LogP) is 3.60. The van der Waals surface area contributed by atoms with Crippen LogP contribution in [0.25, 0.3) is 0 Å². The maximum atomic E-state index is 12.7. The van der Waals surface area contributed by atoms with Gasteiger partial charge in [-0.15, -0.1) is 0 Å². The van der Waals surface area contributed by atoms with Gasteiger partial charge in [-0.05, 0) is 13.3 Å². The van der Waals surface area contributed by atoms with Crippen molar-refractivity contribution < 1.29 is 24.1 Å². The second kappa shape index (κ2) is 6.07. The minimum absolute atomic E-state index is 0.0253. The molecule has 0 amide bonds. The molecule has 1 atom stereocenters. The van der Waals surface area contributed by atoms with Crippen molar-refractivity contribution in [1.82, 2.24) is 0 Å². The molecule has 2 aliphatic rings. The molecule has 3 rings (SSSR count). The molecule has 0 saturated carbocycles. The molecule has 1 aromatic carbocycles. The van der Waals surface area contributed by atoms with Crippen LogP contribution in [-0.4, -0.2) is 23.8 Å². The predicted molar refractivity (Wildman–Crippen MR) is 81.1 cm³/mol. The van der Waals surface area contributed by atoms with Crippen LogP contribution in [0.4, 0.5) is 0 Å². The summed E-state index contributed by atoms with van der Waals surface area (Å²) in [4.78, 5) is 12.7. The number of ketones is 1. The molecule has 0 saturated heterocycles. The van der Waals surface area contributed by atoms with E-state index in [0.717, 1.165) is 31.2 Å². The van der Waals surface area contributed by atoms with Gasteiger partial charge in [0.15, 0.2) is 17.3 Å². The Bertz CT molecular complexity index is 593. The molecule has 2 heterocycles. The molecule has 120 valence electrons. The summed E-state index contributed by atoms with van der Waals surface area (Å²) in [5.74, 6) is 1.01. The van der Waals surface area contributed by atoms with E-state index in [4.69, 9.17) is 14.2 Å². The molecule has 0 aromatic heterocycles. The fraction of sp³-hybridized carbons (Fsp3) is 0.588. The number of rotatable bonds is 6. The van der Waals surface area contributed by atoms with E-state index in [1.807, 2.05) is 6.92 Å². The third-order valence-electron chi connectivity index (χ3n) is 4.19. The average Bonchev–Trinajstić information content (AvgIpc) is 3.10. The lowest BCUT2D eigenvalue weighted by Gasteiger charge is -2.12.